The fourth-order valence-corrected chi connectivity index (χ4v) is 0.483. The summed E-state index contributed by atoms with van der Waals surface area (Å²) in [4.78, 5) is 0. The van der Waals surface area contributed by atoms with Crippen LogP contribution in [0.1, 0.15) is 0 Å². The molecule has 0 atom stereocenters. The maximum atomic E-state index is 6.39. The van der Waals surface area contributed by atoms with E-state index < -0.39 is 0 Å². The summed E-state index contributed by atoms with van der Waals surface area (Å²) < 4.78 is 0. The molecule has 0 amide bonds. The monoisotopic (exact) mass is 136 g/mol. The standard InChI is InChI=1S/C6H4N2S/c7-3-1-5-9-6-2-4-8/h5-8H. The lowest BCUT2D eigenvalue weighted by Gasteiger charge is -1.65. The highest BCUT2D eigenvalue weighted by atomic mass is 32.2. The largest absolute Gasteiger partial charge is 0.251 e. The van der Waals surface area contributed by atoms with E-state index in [0.29, 0.717) is 0 Å². The molecular weight excluding hydrogens is 132 g/mol. The van der Waals surface area contributed by atoms with Crippen molar-refractivity contribution < 1.29 is 0 Å². The first-order chi connectivity index (χ1) is 4.41. The number of hydrogen-bond donors (Lipinski definition) is 2. The van der Waals surface area contributed by atoms with Gasteiger partial charge in [0.15, 0.2) is 0 Å². The van der Waals surface area contributed by atoms with Crippen LogP contribution in [0.15, 0.2) is 22.3 Å². The lowest BCUT2D eigenvalue weighted by molar-refractivity contribution is 1.60. The van der Waals surface area contributed by atoms with Gasteiger partial charge in [-0.15, -0.1) is 0 Å². The van der Waals surface area contributed by atoms with Crippen LogP contribution >= 0.6 is 11.8 Å². The highest BCUT2D eigenvalue weighted by Gasteiger charge is 1.61. The Bertz CT molecular complexity index is 206. The lowest BCUT2D eigenvalue weighted by atomic mass is 10.9. The molecule has 0 bridgehead atoms. The Labute approximate surface area is 57.3 Å². The van der Waals surface area contributed by atoms with E-state index in [0.717, 1.165) is 0 Å². The van der Waals surface area contributed by atoms with Crippen molar-refractivity contribution in [3.63, 3.8) is 0 Å². The molecule has 9 heavy (non-hydrogen) atoms. The topological polar surface area (TPSA) is 47.7 Å². The van der Waals surface area contributed by atoms with Gasteiger partial charge in [0.2, 0.25) is 0 Å². The summed E-state index contributed by atoms with van der Waals surface area (Å²) in [7, 11) is 0. The van der Waals surface area contributed by atoms with Gasteiger partial charge in [0.05, 0.1) is 0 Å². The SMILES string of the molecule is N=C=C=CSC=C=C=N. The zero-order chi connectivity index (χ0) is 6.95. The molecule has 2 N–H and O–H groups in total. The molecule has 0 aliphatic heterocycles. The van der Waals surface area contributed by atoms with Gasteiger partial charge in [0.25, 0.3) is 0 Å². The second-order valence-electron chi connectivity index (χ2n) is 0.910. The second-order valence-corrected chi connectivity index (χ2v) is 1.65. The van der Waals surface area contributed by atoms with Crippen molar-refractivity contribution >= 4 is 23.5 Å². The fraction of sp³-hybridized carbons (Fsp3) is 0. The predicted molar refractivity (Wildman–Crippen MR) is 39.2 cm³/mol. The fourth-order valence-electron chi connectivity index (χ4n) is 0.161. The van der Waals surface area contributed by atoms with Gasteiger partial charge in [0, 0.05) is 22.6 Å². The Hall–Kier alpha value is -1.19. The Morgan fingerprint density at radius 2 is 1.44 bits per heavy atom. The molecule has 0 aliphatic carbocycles. The van der Waals surface area contributed by atoms with Gasteiger partial charge in [-0.05, 0) is 11.5 Å². The van der Waals surface area contributed by atoms with E-state index in [9.17, 15) is 0 Å². The van der Waals surface area contributed by atoms with Crippen molar-refractivity contribution in [2.24, 2.45) is 0 Å². The van der Waals surface area contributed by atoms with E-state index >= 15 is 0 Å². The molecule has 0 aromatic heterocycles. The smallest absolute Gasteiger partial charge is 0.0309 e. The van der Waals surface area contributed by atoms with Crippen molar-refractivity contribution in [2.75, 3.05) is 0 Å². The highest BCUT2D eigenvalue weighted by molar-refractivity contribution is 8.04. The molecule has 0 aromatic carbocycles. The number of rotatable bonds is 2. The maximum Gasteiger partial charge on any atom is 0.0309 e. The van der Waals surface area contributed by atoms with Crippen molar-refractivity contribution in [1.29, 1.82) is 10.8 Å². The molecule has 0 unspecified atom stereocenters. The summed E-state index contributed by atoms with van der Waals surface area (Å²) in [5.41, 5.74) is 4.80. The Balaban J connectivity index is 3.80. The molecular formula is C6H4N2S. The zero-order valence-electron chi connectivity index (χ0n) is 4.56. The van der Waals surface area contributed by atoms with Gasteiger partial charge < -0.3 is 0 Å². The number of nitrogens with one attached hydrogen (secondary N) is 2. The maximum absolute atomic E-state index is 6.39. The van der Waals surface area contributed by atoms with Crippen LogP contribution in [0.25, 0.3) is 0 Å². The minimum Gasteiger partial charge on any atom is -0.251 e. The van der Waals surface area contributed by atoms with E-state index in [-0.39, 0.29) is 0 Å². The van der Waals surface area contributed by atoms with E-state index in [1.54, 1.807) is 0 Å². The van der Waals surface area contributed by atoms with E-state index in [1.807, 2.05) is 11.7 Å². The molecule has 0 spiro atoms. The quantitative estimate of drug-likeness (QED) is 0.439. The molecule has 0 aromatic rings. The summed E-state index contributed by atoms with van der Waals surface area (Å²) in [6.45, 7) is 0. The van der Waals surface area contributed by atoms with Crippen LogP contribution in [0.4, 0.5) is 0 Å². The molecule has 3 heteroatoms. The molecule has 0 saturated heterocycles. The normalized spacial score (nSPS) is 5.33. The van der Waals surface area contributed by atoms with Gasteiger partial charge in [-0.1, -0.05) is 11.8 Å². The molecule has 0 aliphatic rings. The summed E-state index contributed by atoms with van der Waals surface area (Å²) in [6.07, 6.45) is 0. The number of hydrogen-bond acceptors (Lipinski definition) is 3. The van der Waals surface area contributed by atoms with Gasteiger partial charge in [-0.2, -0.15) is 0 Å². The highest BCUT2D eigenvalue weighted by Crippen LogP contribution is 1.98. The average Bonchev–Trinajstić information content (AvgIpc) is 1.89. The summed E-state index contributed by atoms with van der Waals surface area (Å²) in [5, 5.41) is 15.9. The average molecular weight is 136 g/mol. The first-order valence-corrected chi connectivity index (χ1v) is 2.99. The van der Waals surface area contributed by atoms with Gasteiger partial charge >= 0.3 is 0 Å². The molecule has 0 fully saturated rings. The second kappa shape index (κ2) is 6.81. The van der Waals surface area contributed by atoms with Gasteiger partial charge in [-0.3, -0.25) is 10.8 Å². The minimum absolute atomic E-state index is 1.27. The van der Waals surface area contributed by atoms with Crippen LogP contribution < -0.4 is 0 Å². The third kappa shape index (κ3) is 6.81. The van der Waals surface area contributed by atoms with Crippen LogP contribution in [-0.2, 0) is 0 Å². The van der Waals surface area contributed by atoms with Gasteiger partial charge in [0.1, 0.15) is 0 Å². The predicted octanol–water partition coefficient (Wildman–Crippen LogP) is 1.55. The Kier molecular flexibility index (Phi) is 5.91. The van der Waals surface area contributed by atoms with Crippen molar-refractivity contribution in [2.45, 2.75) is 0 Å². The molecule has 44 valence electrons. The van der Waals surface area contributed by atoms with Crippen molar-refractivity contribution in [3.8, 4) is 0 Å². The zero-order valence-corrected chi connectivity index (χ0v) is 5.38. The molecule has 0 rings (SSSR count). The lowest BCUT2D eigenvalue weighted by Crippen LogP contribution is -1.39. The molecule has 0 radical (unpaired) electrons. The molecule has 0 saturated carbocycles. The third-order valence-electron chi connectivity index (χ3n) is 0.398. The van der Waals surface area contributed by atoms with E-state index in [4.69, 9.17) is 10.8 Å². The van der Waals surface area contributed by atoms with E-state index in [1.165, 1.54) is 22.6 Å². The van der Waals surface area contributed by atoms with Crippen molar-refractivity contribution in [3.05, 3.63) is 22.3 Å². The van der Waals surface area contributed by atoms with Gasteiger partial charge in [-0.25, -0.2) is 0 Å². The summed E-state index contributed by atoms with van der Waals surface area (Å²) in [6, 6.07) is 0. The summed E-state index contributed by atoms with van der Waals surface area (Å²) in [5.74, 6) is 3.91. The first-order valence-electron chi connectivity index (χ1n) is 2.05. The van der Waals surface area contributed by atoms with E-state index in [2.05, 4.69) is 11.5 Å². The van der Waals surface area contributed by atoms with Crippen LogP contribution in [0.2, 0.25) is 0 Å². The first kappa shape index (κ1) is 7.81. The minimum atomic E-state index is 1.27. The Morgan fingerprint density at radius 3 is 1.78 bits per heavy atom. The van der Waals surface area contributed by atoms with Crippen LogP contribution in [0.5, 0.6) is 0 Å². The summed E-state index contributed by atoms with van der Waals surface area (Å²) >= 11 is 1.27. The molecule has 0 heterocycles. The van der Waals surface area contributed by atoms with Crippen LogP contribution in [-0.4, -0.2) is 11.7 Å². The Morgan fingerprint density at radius 1 is 1.00 bits per heavy atom. The molecule has 2 nitrogen and oxygen atoms in total. The van der Waals surface area contributed by atoms with Crippen LogP contribution in [0.3, 0.4) is 0 Å². The van der Waals surface area contributed by atoms with Crippen molar-refractivity contribution in [1.82, 2.24) is 0 Å². The van der Waals surface area contributed by atoms with Crippen LogP contribution in [0, 0.1) is 10.8 Å². The third-order valence-corrected chi connectivity index (χ3v) is 0.906. The number of thioether (sulfide) groups is 1.